The van der Waals surface area contributed by atoms with Crippen molar-refractivity contribution in [3.63, 3.8) is 0 Å². The van der Waals surface area contributed by atoms with Gasteiger partial charge in [-0.05, 0) is 65.9 Å². The van der Waals surface area contributed by atoms with E-state index in [0.717, 1.165) is 52.0 Å². The minimum atomic E-state index is -0.0233. The summed E-state index contributed by atoms with van der Waals surface area (Å²) in [5, 5.41) is 11.6. The summed E-state index contributed by atoms with van der Waals surface area (Å²) in [6.07, 6.45) is 10.6. The average Bonchev–Trinajstić information content (AvgIpc) is 3.64. The standard InChI is InChI=1S/C24H21BrN8OS/c25-21-8-7-20(35-21)24(34)30-15-4-3-5-16(12-15)32-19-14-27-22(33-28-10-11-29-33)13-18(19)31-23(32)17-6-1-2-9-26-17/h1-2,6-11,13-16H,3-5,12H2,(H,30,34)/t15-,16+/m0/s1. The van der Waals surface area contributed by atoms with Crippen LogP contribution in [0, 0.1) is 0 Å². The van der Waals surface area contributed by atoms with Gasteiger partial charge in [0.25, 0.3) is 5.91 Å². The fourth-order valence-electron chi connectivity index (χ4n) is 4.70. The molecule has 1 aliphatic rings. The highest BCUT2D eigenvalue weighted by Gasteiger charge is 2.29. The van der Waals surface area contributed by atoms with Crippen LogP contribution in [0.3, 0.4) is 0 Å². The lowest BCUT2D eigenvalue weighted by atomic mass is 9.90. The van der Waals surface area contributed by atoms with Gasteiger partial charge in [-0.2, -0.15) is 10.2 Å². The van der Waals surface area contributed by atoms with Crippen LogP contribution in [0.5, 0.6) is 0 Å². The molecule has 0 aromatic carbocycles. The van der Waals surface area contributed by atoms with Crippen molar-refractivity contribution in [3.8, 4) is 17.3 Å². The zero-order chi connectivity index (χ0) is 23.8. The minimum Gasteiger partial charge on any atom is -0.349 e. The fourth-order valence-corrected chi connectivity index (χ4v) is 5.98. The normalized spacial score (nSPS) is 18.1. The van der Waals surface area contributed by atoms with Crippen molar-refractivity contribution >= 4 is 44.2 Å². The monoisotopic (exact) mass is 548 g/mol. The number of nitrogens with zero attached hydrogens (tertiary/aromatic N) is 7. The molecule has 1 fully saturated rings. The summed E-state index contributed by atoms with van der Waals surface area (Å²) in [6, 6.07) is 11.7. The van der Waals surface area contributed by atoms with Crippen LogP contribution in [0.15, 0.2) is 65.0 Å². The number of thiophene rings is 1. The number of aromatic nitrogens is 7. The van der Waals surface area contributed by atoms with E-state index in [0.29, 0.717) is 10.7 Å². The Labute approximate surface area is 213 Å². The smallest absolute Gasteiger partial charge is 0.261 e. The van der Waals surface area contributed by atoms with Crippen LogP contribution < -0.4 is 5.32 Å². The number of carbonyl (C=O) groups excluding carboxylic acids is 1. The highest BCUT2D eigenvalue weighted by Crippen LogP contribution is 2.36. The van der Waals surface area contributed by atoms with Gasteiger partial charge in [0.2, 0.25) is 0 Å². The van der Waals surface area contributed by atoms with E-state index in [9.17, 15) is 4.79 Å². The average molecular weight is 549 g/mol. The molecule has 11 heteroatoms. The molecule has 35 heavy (non-hydrogen) atoms. The number of hydrogen-bond donors (Lipinski definition) is 1. The van der Waals surface area contributed by atoms with E-state index in [4.69, 9.17) is 4.98 Å². The lowest BCUT2D eigenvalue weighted by Gasteiger charge is -2.31. The molecule has 0 saturated heterocycles. The zero-order valence-electron chi connectivity index (χ0n) is 18.6. The number of halogens is 1. The van der Waals surface area contributed by atoms with Crippen LogP contribution in [0.2, 0.25) is 0 Å². The van der Waals surface area contributed by atoms with Gasteiger partial charge in [-0.1, -0.05) is 6.07 Å². The third-order valence-electron chi connectivity index (χ3n) is 6.22. The summed E-state index contributed by atoms with van der Waals surface area (Å²) in [4.78, 5) is 29.1. The summed E-state index contributed by atoms with van der Waals surface area (Å²) in [7, 11) is 0. The SMILES string of the molecule is O=C(N[C@H]1CCC[C@@H](n2c(-c3ccccn3)nc3cc(-n4nccn4)ncc32)C1)c1ccc(Br)s1. The number of pyridine rings is 2. The van der Waals surface area contributed by atoms with Crippen molar-refractivity contribution in [2.45, 2.75) is 37.8 Å². The van der Waals surface area contributed by atoms with Crippen molar-refractivity contribution < 1.29 is 4.79 Å². The number of rotatable bonds is 5. The minimum absolute atomic E-state index is 0.0233. The summed E-state index contributed by atoms with van der Waals surface area (Å²) in [6.45, 7) is 0. The number of fused-ring (bicyclic) bond motifs is 1. The van der Waals surface area contributed by atoms with Crippen LogP contribution >= 0.6 is 27.3 Å². The first-order valence-corrected chi connectivity index (χ1v) is 13.0. The van der Waals surface area contributed by atoms with Gasteiger partial charge in [-0.3, -0.25) is 9.78 Å². The van der Waals surface area contributed by atoms with Gasteiger partial charge in [0.15, 0.2) is 11.6 Å². The number of hydrogen-bond acceptors (Lipinski definition) is 7. The van der Waals surface area contributed by atoms with Crippen LogP contribution in [0.4, 0.5) is 0 Å². The maximum Gasteiger partial charge on any atom is 0.261 e. The van der Waals surface area contributed by atoms with E-state index in [2.05, 4.69) is 46.0 Å². The molecular formula is C24H21BrN8OS. The second kappa shape index (κ2) is 9.31. The predicted octanol–water partition coefficient (Wildman–Crippen LogP) is 4.81. The Kier molecular flexibility index (Phi) is 5.86. The molecule has 9 nitrogen and oxygen atoms in total. The molecule has 5 aromatic heterocycles. The summed E-state index contributed by atoms with van der Waals surface area (Å²) >= 11 is 4.88. The maximum absolute atomic E-state index is 12.8. The second-order valence-electron chi connectivity index (χ2n) is 8.46. The van der Waals surface area contributed by atoms with E-state index >= 15 is 0 Å². The molecule has 0 aliphatic heterocycles. The van der Waals surface area contributed by atoms with E-state index in [1.54, 1.807) is 18.6 Å². The van der Waals surface area contributed by atoms with Crippen LogP contribution in [-0.2, 0) is 0 Å². The number of nitrogens with one attached hydrogen (secondary N) is 1. The third-order valence-corrected chi connectivity index (χ3v) is 7.85. The number of imidazole rings is 1. The van der Waals surface area contributed by atoms with Crippen molar-refractivity contribution in [2.24, 2.45) is 0 Å². The molecule has 0 bridgehead atoms. The van der Waals surface area contributed by atoms with Gasteiger partial charge in [-0.15, -0.1) is 16.1 Å². The molecule has 5 aromatic rings. The van der Waals surface area contributed by atoms with E-state index in [-0.39, 0.29) is 18.0 Å². The highest BCUT2D eigenvalue weighted by atomic mass is 79.9. The Hall–Kier alpha value is -3.44. The van der Waals surface area contributed by atoms with Crippen LogP contribution in [0.25, 0.3) is 28.4 Å². The maximum atomic E-state index is 12.8. The summed E-state index contributed by atoms with van der Waals surface area (Å²) in [5.41, 5.74) is 2.54. The van der Waals surface area contributed by atoms with Crippen molar-refractivity contribution in [1.29, 1.82) is 0 Å². The Bertz CT molecular complexity index is 1480. The molecule has 0 spiro atoms. The van der Waals surface area contributed by atoms with Gasteiger partial charge in [0.1, 0.15) is 5.69 Å². The van der Waals surface area contributed by atoms with E-state index in [1.165, 1.54) is 16.1 Å². The summed E-state index contributed by atoms with van der Waals surface area (Å²) < 4.78 is 3.19. The van der Waals surface area contributed by atoms with Crippen LogP contribution in [-0.4, -0.2) is 46.5 Å². The molecule has 1 N–H and O–H groups in total. The predicted molar refractivity (Wildman–Crippen MR) is 136 cm³/mol. The quantitative estimate of drug-likeness (QED) is 0.338. The number of amides is 1. The lowest BCUT2D eigenvalue weighted by molar-refractivity contribution is 0.0925. The van der Waals surface area contributed by atoms with Gasteiger partial charge in [0, 0.05) is 24.3 Å². The Morgan fingerprint density at radius 2 is 1.97 bits per heavy atom. The first kappa shape index (κ1) is 22.1. The summed E-state index contributed by atoms with van der Waals surface area (Å²) in [5.74, 6) is 1.38. The molecule has 0 unspecified atom stereocenters. The Balaban J connectivity index is 1.36. The second-order valence-corrected chi connectivity index (χ2v) is 10.9. The Morgan fingerprint density at radius 3 is 2.74 bits per heavy atom. The fraction of sp³-hybridized carbons (Fsp3) is 0.250. The van der Waals surface area contributed by atoms with Gasteiger partial charge in [-0.25, -0.2) is 9.97 Å². The molecular weight excluding hydrogens is 528 g/mol. The molecule has 1 saturated carbocycles. The molecule has 1 aliphatic carbocycles. The van der Waals surface area contributed by atoms with Gasteiger partial charge in [0.05, 0.1) is 38.3 Å². The molecule has 2 atom stereocenters. The lowest BCUT2D eigenvalue weighted by Crippen LogP contribution is -2.38. The number of carbonyl (C=O) groups is 1. The van der Waals surface area contributed by atoms with E-state index in [1.807, 2.05) is 42.6 Å². The first-order valence-electron chi connectivity index (χ1n) is 11.4. The molecule has 1 amide bonds. The highest BCUT2D eigenvalue weighted by molar-refractivity contribution is 9.11. The van der Waals surface area contributed by atoms with Gasteiger partial charge >= 0.3 is 0 Å². The molecule has 0 radical (unpaired) electrons. The van der Waals surface area contributed by atoms with Crippen molar-refractivity contribution in [1.82, 2.24) is 39.8 Å². The Morgan fingerprint density at radius 1 is 1.09 bits per heavy atom. The van der Waals surface area contributed by atoms with Crippen molar-refractivity contribution in [3.05, 3.63) is 69.8 Å². The topological polar surface area (TPSA) is 103 Å². The molecule has 176 valence electrons. The largest absolute Gasteiger partial charge is 0.349 e. The zero-order valence-corrected chi connectivity index (χ0v) is 21.0. The third kappa shape index (κ3) is 4.37. The molecule has 5 heterocycles. The first-order chi connectivity index (χ1) is 17.2. The van der Waals surface area contributed by atoms with Gasteiger partial charge < -0.3 is 9.88 Å². The molecule has 6 rings (SSSR count). The van der Waals surface area contributed by atoms with Crippen molar-refractivity contribution in [2.75, 3.05) is 0 Å². The van der Waals surface area contributed by atoms with Crippen LogP contribution in [0.1, 0.15) is 41.4 Å². The van der Waals surface area contributed by atoms with E-state index < -0.39 is 0 Å².